The molecule has 166 valence electrons. The summed E-state index contributed by atoms with van der Waals surface area (Å²) in [6.07, 6.45) is 1.65. The van der Waals surface area contributed by atoms with Gasteiger partial charge in [-0.25, -0.2) is 8.42 Å². The molecule has 0 saturated carbocycles. The van der Waals surface area contributed by atoms with E-state index in [2.05, 4.69) is 32.1 Å². The van der Waals surface area contributed by atoms with Crippen LogP contribution in [0.15, 0.2) is 60.0 Å². The molecular formula is C24H30N2O4S. The molecule has 31 heavy (non-hydrogen) atoms. The molecule has 0 atom stereocenters. The summed E-state index contributed by atoms with van der Waals surface area (Å²) in [5.74, 6) is 0.377. The van der Waals surface area contributed by atoms with Crippen LogP contribution in [0.5, 0.6) is 5.75 Å². The number of benzene rings is 2. The average molecular weight is 443 g/mol. The van der Waals surface area contributed by atoms with Crippen LogP contribution in [0.25, 0.3) is 0 Å². The number of sulfonamides is 1. The van der Waals surface area contributed by atoms with Crippen LogP contribution in [0.4, 0.5) is 11.4 Å². The minimum atomic E-state index is -3.77. The highest BCUT2D eigenvalue weighted by Gasteiger charge is 2.37. The maximum absolute atomic E-state index is 12.9. The summed E-state index contributed by atoms with van der Waals surface area (Å²) in [5, 5.41) is 0. The Morgan fingerprint density at radius 2 is 1.81 bits per heavy atom. The van der Waals surface area contributed by atoms with Crippen molar-refractivity contribution in [2.75, 3.05) is 22.8 Å². The SMILES string of the molecule is C=CCN1C(=O)C(C)(C)COc2cc(NS(=O)(=O)c3ccc(C(C)(C)C)cc3)ccc21. The third-order valence-corrected chi connectivity index (χ3v) is 6.65. The van der Waals surface area contributed by atoms with Gasteiger partial charge in [0.25, 0.3) is 10.0 Å². The quantitative estimate of drug-likeness (QED) is 0.680. The Morgan fingerprint density at radius 3 is 2.39 bits per heavy atom. The number of anilines is 2. The van der Waals surface area contributed by atoms with Gasteiger partial charge in [0.15, 0.2) is 0 Å². The zero-order chi connectivity index (χ0) is 23.0. The number of hydrogen-bond acceptors (Lipinski definition) is 4. The number of fused-ring (bicyclic) bond motifs is 1. The van der Waals surface area contributed by atoms with Crippen LogP contribution in [0.1, 0.15) is 40.2 Å². The molecule has 0 fully saturated rings. The molecule has 6 nitrogen and oxygen atoms in total. The fourth-order valence-corrected chi connectivity index (χ4v) is 4.42. The molecule has 2 aromatic carbocycles. The van der Waals surface area contributed by atoms with E-state index in [1.54, 1.807) is 41.3 Å². The van der Waals surface area contributed by atoms with Crippen LogP contribution in [-0.4, -0.2) is 27.5 Å². The standard InChI is InChI=1S/C24H30N2O4S/c1-7-14-26-20-13-10-18(15-21(20)30-16-24(5,6)22(26)27)25-31(28,29)19-11-8-17(9-12-19)23(2,3)4/h7-13,15,25H,1,14,16H2,2-6H3. The second-order valence-corrected chi connectivity index (χ2v) is 11.1. The van der Waals surface area contributed by atoms with Crippen molar-refractivity contribution in [3.05, 3.63) is 60.7 Å². The van der Waals surface area contributed by atoms with E-state index in [1.807, 2.05) is 26.0 Å². The van der Waals surface area contributed by atoms with Gasteiger partial charge in [-0.05, 0) is 49.1 Å². The molecule has 1 aliphatic rings. The number of hydrogen-bond donors (Lipinski definition) is 1. The maximum Gasteiger partial charge on any atom is 0.261 e. The van der Waals surface area contributed by atoms with Gasteiger partial charge >= 0.3 is 0 Å². The second kappa shape index (κ2) is 8.04. The first kappa shape index (κ1) is 22.9. The van der Waals surface area contributed by atoms with Crippen molar-refractivity contribution in [3.8, 4) is 5.75 Å². The molecule has 0 radical (unpaired) electrons. The molecular weight excluding hydrogens is 412 g/mol. The van der Waals surface area contributed by atoms with Gasteiger partial charge in [0, 0.05) is 12.6 Å². The summed E-state index contributed by atoms with van der Waals surface area (Å²) < 4.78 is 34.3. The van der Waals surface area contributed by atoms with Crippen molar-refractivity contribution >= 4 is 27.3 Å². The van der Waals surface area contributed by atoms with Crippen molar-refractivity contribution in [1.82, 2.24) is 0 Å². The predicted molar refractivity (Wildman–Crippen MR) is 124 cm³/mol. The lowest BCUT2D eigenvalue weighted by molar-refractivity contribution is -0.127. The summed E-state index contributed by atoms with van der Waals surface area (Å²) in [4.78, 5) is 14.7. The van der Waals surface area contributed by atoms with E-state index < -0.39 is 15.4 Å². The van der Waals surface area contributed by atoms with Crippen LogP contribution in [-0.2, 0) is 20.2 Å². The minimum absolute atomic E-state index is 0.0629. The lowest BCUT2D eigenvalue weighted by Gasteiger charge is -2.27. The van der Waals surface area contributed by atoms with Crippen molar-refractivity contribution in [2.45, 2.75) is 44.9 Å². The summed E-state index contributed by atoms with van der Waals surface area (Å²) in [6, 6.07) is 11.8. The number of carbonyl (C=O) groups is 1. The molecule has 1 heterocycles. The molecule has 3 rings (SSSR count). The van der Waals surface area contributed by atoms with Gasteiger partial charge < -0.3 is 9.64 Å². The number of rotatable bonds is 5. The molecule has 0 unspecified atom stereocenters. The van der Waals surface area contributed by atoms with E-state index in [9.17, 15) is 13.2 Å². The van der Waals surface area contributed by atoms with Gasteiger partial charge in [-0.15, -0.1) is 6.58 Å². The van der Waals surface area contributed by atoms with Crippen LogP contribution in [0.3, 0.4) is 0 Å². The molecule has 7 heteroatoms. The van der Waals surface area contributed by atoms with Crippen molar-refractivity contribution in [1.29, 1.82) is 0 Å². The predicted octanol–water partition coefficient (Wildman–Crippen LogP) is 4.72. The van der Waals surface area contributed by atoms with Crippen molar-refractivity contribution in [3.63, 3.8) is 0 Å². The minimum Gasteiger partial charge on any atom is -0.490 e. The first-order chi connectivity index (χ1) is 14.3. The number of nitrogens with zero attached hydrogens (tertiary/aromatic N) is 1. The maximum atomic E-state index is 12.9. The highest BCUT2D eigenvalue weighted by atomic mass is 32.2. The zero-order valence-corrected chi connectivity index (χ0v) is 19.5. The number of amides is 1. The smallest absolute Gasteiger partial charge is 0.261 e. The second-order valence-electron chi connectivity index (χ2n) is 9.44. The summed E-state index contributed by atoms with van der Waals surface area (Å²) in [5.41, 5.74) is 1.24. The Bertz CT molecular complexity index is 1100. The van der Waals surface area contributed by atoms with Crippen LogP contribution < -0.4 is 14.4 Å². The Hall–Kier alpha value is -2.80. The van der Waals surface area contributed by atoms with Crippen molar-refractivity contribution < 1.29 is 17.9 Å². The number of ether oxygens (including phenoxy) is 1. The third-order valence-electron chi connectivity index (χ3n) is 5.26. The average Bonchev–Trinajstić information content (AvgIpc) is 2.78. The molecule has 1 amide bonds. The van der Waals surface area contributed by atoms with Gasteiger partial charge in [0.05, 0.1) is 21.7 Å². The molecule has 0 saturated heterocycles. The van der Waals surface area contributed by atoms with E-state index in [4.69, 9.17) is 4.74 Å². The van der Waals surface area contributed by atoms with Gasteiger partial charge in [-0.2, -0.15) is 0 Å². The fourth-order valence-electron chi connectivity index (χ4n) is 3.37. The summed E-state index contributed by atoms with van der Waals surface area (Å²) in [6.45, 7) is 14.1. The molecule has 1 N–H and O–H groups in total. The Kier molecular flexibility index (Phi) is 5.93. The van der Waals surface area contributed by atoms with Gasteiger partial charge in [0.1, 0.15) is 12.4 Å². The third kappa shape index (κ3) is 4.77. The Balaban J connectivity index is 1.91. The molecule has 0 bridgehead atoms. The summed E-state index contributed by atoms with van der Waals surface area (Å²) >= 11 is 0. The van der Waals surface area contributed by atoms with Crippen LogP contribution >= 0.6 is 0 Å². The highest BCUT2D eigenvalue weighted by Crippen LogP contribution is 2.38. The lowest BCUT2D eigenvalue weighted by atomic mass is 9.87. The van der Waals surface area contributed by atoms with Crippen LogP contribution in [0.2, 0.25) is 0 Å². The number of nitrogens with one attached hydrogen (secondary N) is 1. The Morgan fingerprint density at radius 1 is 1.16 bits per heavy atom. The van der Waals surface area contributed by atoms with E-state index >= 15 is 0 Å². The largest absolute Gasteiger partial charge is 0.490 e. The van der Waals surface area contributed by atoms with E-state index in [-0.39, 0.29) is 22.8 Å². The molecule has 1 aliphatic heterocycles. The number of carbonyl (C=O) groups excluding carboxylic acids is 1. The highest BCUT2D eigenvalue weighted by molar-refractivity contribution is 7.92. The molecule has 0 aliphatic carbocycles. The molecule has 0 aromatic heterocycles. The van der Waals surface area contributed by atoms with Gasteiger partial charge in [0.2, 0.25) is 5.91 Å². The normalized spacial score (nSPS) is 16.2. The topological polar surface area (TPSA) is 75.7 Å². The van der Waals surface area contributed by atoms with E-state index in [1.165, 1.54) is 0 Å². The van der Waals surface area contributed by atoms with Crippen LogP contribution in [0, 0.1) is 5.41 Å². The molecule has 2 aromatic rings. The molecule has 0 spiro atoms. The Labute approximate surface area is 185 Å². The zero-order valence-electron chi connectivity index (χ0n) is 18.7. The lowest BCUT2D eigenvalue weighted by Crippen LogP contribution is -2.42. The van der Waals surface area contributed by atoms with E-state index in [0.29, 0.717) is 23.7 Å². The van der Waals surface area contributed by atoms with E-state index in [0.717, 1.165) is 5.56 Å². The summed E-state index contributed by atoms with van der Waals surface area (Å²) in [7, 11) is -3.77. The first-order valence-electron chi connectivity index (χ1n) is 10.2. The van der Waals surface area contributed by atoms with Crippen molar-refractivity contribution in [2.24, 2.45) is 5.41 Å². The fraction of sp³-hybridized carbons (Fsp3) is 0.375. The monoisotopic (exact) mass is 442 g/mol. The first-order valence-corrected chi connectivity index (χ1v) is 11.7. The van der Waals surface area contributed by atoms with Gasteiger partial charge in [-0.1, -0.05) is 39.0 Å². The van der Waals surface area contributed by atoms with Gasteiger partial charge in [-0.3, -0.25) is 9.52 Å².